The van der Waals surface area contributed by atoms with E-state index in [1.807, 2.05) is 0 Å². The van der Waals surface area contributed by atoms with Crippen LogP contribution >= 0.6 is 0 Å². The van der Waals surface area contributed by atoms with Crippen LogP contribution in [0, 0.1) is 0 Å². The van der Waals surface area contributed by atoms with Gasteiger partial charge in [-0.25, -0.2) is 4.98 Å². The van der Waals surface area contributed by atoms with E-state index < -0.39 is 23.9 Å². The van der Waals surface area contributed by atoms with E-state index >= 15 is 0 Å². The topological polar surface area (TPSA) is 67.2 Å². The number of carbonyl (C=O) groups excluding carboxylic acids is 1. The molecule has 1 amide bonds. The van der Waals surface area contributed by atoms with E-state index in [9.17, 15) is 18.0 Å². The molecule has 1 aromatic heterocycles. The van der Waals surface area contributed by atoms with Crippen LogP contribution in [0.1, 0.15) is 25.2 Å². The van der Waals surface area contributed by atoms with E-state index in [0.29, 0.717) is 5.69 Å². The van der Waals surface area contributed by atoms with Crippen molar-refractivity contribution in [3.63, 3.8) is 0 Å². The number of nitrogens with one attached hydrogen (secondary N) is 1. The fraction of sp³-hybridized carbons (Fsp3) is 0.333. The normalized spacial score (nSPS) is 13.1. The van der Waals surface area contributed by atoms with Crippen LogP contribution in [0.4, 0.5) is 18.9 Å². The molecule has 0 spiro atoms. The molecule has 1 heterocycles. The largest absolute Gasteiger partial charge is 0.449 e. The number of hydrogen-bond donors (Lipinski definition) is 2. The Kier molecular flexibility index (Phi) is 4.74. The predicted molar refractivity (Wildman–Crippen MR) is 80.0 cm³/mol. The van der Waals surface area contributed by atoms with Gasteiger partial charge in [-0.15, -0.1) is 0 Å². The van der Waals surface area contributed by atoms with Crippen LogP contribution in [-0.4, -0.2) is 27.2 Å². The monoisotopic (exact) mass is 327 g/mol. The summed E-state index contributed by atoms with van der Waals surface area (Å²) in [7, 11) is 0. The maximum Gasteiger partial charge on any atom is 0.449 e. The molecular weight excluding hydrogens is 311 g/mol. The van der Waals surface area contributed by atoms with Gasteiger partial charge in [0.2, 0.25) is 11.7 Å². The molecule has 0 bridgehead atoms. The SMILES string of the molecule is C=CC(=O)Nc1ccc2c(c1)nc(C(F)(F)F)n2C(C)CCO. The molecule has 0 saturated carbocycles. The molecule has 0 aliphatic carbocycles. The van der Waals surface area contributed by atoms with E-state index in [1.165, 1.54) is 18.2 Å². The van der Waals surface area contributed by atoms with Crippen molar-refractivity contribution in [3.8, 4) is 0 Å². The minimum Gasteiger partial charge on any atom is -0.396 e. The number of alkyl halides is 3. The first-order valence-electron chi connectivity index (χ1n) is 6.91. The fourth-order valence-electron chi connectivity index (χ4n) is 2.33. The molecule has 0 radical (unpaired) electrons. The summed E-state index contributed by atoms with van der Waals surface area (Å²) in [6, 6.07) is 3.75. The lowest BCUT2D eigenvalue weighted by Gasteiger charge is -2.17. The highest BCUT2D eigenvalue weighted by atomic mass is 19.4. The Morgan fingerprint density at radius 1 is 1.52 bits per heavy atom. The van der Waals surface area contributed by atoms with E-state index in [2.05, 4.69) is 16.9 Å². The minimum atomic E-state index is -4.62. The molecular formula is C15H16F3N3O2. The van der Waals surface area contributed by atoms with Gasteiger partial charge in [0, 0.05) is 18.3 Å². The van der Waals surface area contributed by atoms with Gasteiger partial charge in [0.05, 0.1) is 11.0 Å². The third kappa shape index (κ3) is 3.53. The Hall–Kier alpha value is -2.35. The number of benzene rings is 1. The molecule has 1 atom stereocenters. The van der Waals surface area contributed by atoms with Crippen LogP contribution in [0.5, 0.6) is 0 Å². The Labute approximate surface area is 130 Å². The third-order valence-corrected chi connectivity index (χ3v) is 3.38. The van der Waals surface area contributed by atoms with Crippen molar-refractivity contribution in [2.24, 2.45) is 0 Å². The number of anilines is 1. The van der Waals surface area contributed by atoms with Crippen molar-refractivity contribution in [1.29, 1.82) is 0 Å². The van der Waals surface area contributed by atoms with Crippen LogP contribution in [0.15, 0.2) is 30.9 Å². The molecule has 1 unspecified atom stereocenters. The molecule has 2 N–H and O–H groups in total. The zero-order chi connectivity index (χ0) is 17.2. The molecule has 1 aromatic carbocycles. The molecule has 0 aliphatic rings. The van der Waals surface area contributed by atoms with Crippen LogP contribution < -0.4 is 5.32 Å². The van der Waals surface area contributed by atoms with Gasteiger partial charge in [0.15, 0.2) is 0 Å². The smallest absolute Gasteiger partial charge is 0.396 e. The summed E-state index contributed by atoms with van der Waals surface area (Å²) in [5.74, 6) is -1.49. The number of hydrogen-bond acceptors (Lipinski definition) is 3. The molecule has 124 valence electrons. The standard InChI is InChI=1S/C15H16F3N3O2/c1-3-13(23)19-10-4-5-12-11(8-10)20-14(15(16,17)18)21(12)9(2)6-7-22/h3-5,8-9,22H,1,6-7H2,2H3,(H,19,23). The molecule has 23 heavy (non-hydrogen) atoms. The quantitative estimate of drug-likeness (QED) is 0.829. The molecule has 8 heteroatoms. The average Bonchev–Trinajstić information content (AvgIpc) is 2.86. The first kappa shape index (κ1) is 17.0. The van der Waals surface area contributed by atoms with Crippen LogP contribution in [0.25, 0.3) is 11.0 Å². The fourth-order valence-corrected chi connectivity index (χ4v) is 2.33. The van der Waals surface area contributed by atoms with E-state index in [0.717, 1.165) is 10.6 Å². The Morgan fingerprint density at radius 2 is 2.22 bits per heavy atom. The second-order valence-electron chi connectivity index (χ2n) is 5.06. The van der Waals surface area contributed by atoms with Gasteiger partial charge in [-0.1, -0.05) is 6.58 Å². The Morgan fingerprint density at radius 3 is 2.78 bits per heavy atom. The second-order valence-corrected chi connectivity index (χ2v) is 5.06. The van der Waals surface area contributed by atoms with Crippen molar-refractivity contribution in [1.82, 2.24) is 9.55 Å². The highest BCUT2D eigenvalue weighted by Crippen LogP contribution is 2.35. The summed E-state index contributed by atoms with van der Waals surface area (Å²) < 4.78 is 40.7. The van der Waals surface area contributed by atoms with Gasteiger partial charge in [-0.05, 0) is 37.6 Å². The van der Waals surface area contributed by atoms with Gasteiger partial charge in [0.1, 0.15) is 0 Å². The summed E-state index contributed by atoms with van der Waals surface area (Å²) in [5.41, 5.74) is 0.731. The minimum absolute atomic E-state index is 0.115. The molecule has 0 aliphatic heterocycles. The molecule has 2 aromatic rings. The summed E-state index contributed by atoms with van der Waals surface area (Å²) in [6.45, 7) is 4.66. The number of nitrogens with zero attached hydrogens (tertiary/aromatic N) is 2. The van der Waals surface area contributed by atoms with Crippen molar-refractivity contribution in [2.75, 3.05) is 11.9 Å². The predicted octanol–water partition coefficient (Wildman–Crippen LogP) is 3.12. The molecule has 0 fully saturated rings. The zero-order valence-electron chi connectivity index (χ0n) is 12.4. The van der Waals surface area contributed by atoms with Gasteiger partial charge in [-0.3, -0.25) is 4.79 Å². The lowest BCUT2D eigenvalue weighted by atomic mass is 10.2. The number of fused-ring (bicyclic) bond motifs is 1. The van der Waals surface area contributed by atoms with Crippen molar-refractivity contribution < 1.29 is 23.1 Å². The van der Waals surface area contributed by atoms with Crippen LogP contribution in [0.2, 0.25) is 0 Å². The first-order chi connectivity index (χ1) is 10.8. The lowest BCUT2D eigenvalue weighted by molar-refractivity contribution is -0.147. The third-order valence-electron chi connectivity index (χ3n) is 3.38. The summed E-state index contributed by atoms with van der Waals surface area (Å²) >= 11 is 0. The van der Waals surface area contributed by atoms with E-state index in [1.54, 1.807) is 6.92 Å². The lowest BCUT2D eigenvalue weighted by Crippen LogP contribution is -2.18. The van der Waals surface area contributed by atoms with Crippen LogP contribution in [0.3, 0.4) is 0 Å². The zero-order valence-corrected chi connectivity index (χ0v) is 12.4. The molecule has 5 nitrogen and oxygen atoms in total. The molecule has 0 saturated heterocycles. The number of aliphatic hydroxyl groups is 1. The van der Waals surface area contributed by atoms with Crippen molar-refractivity contribution in [2.45, 2.75) is 25.6 Å². The highest BCUT2D eigenvalue weighted by Gasteiger charge is 2.38. The van der Waals surface area contributed by atoms with Crippen molar-refractivity contribution >= 4 is 22.6 Å². The Balaban J connectivity index is 2.57. The maximum atomic E-state index is 13.2. The van der Waals surface area contributed by atoms with Gasteiger partial charge < -0.3 is 15.0 Å². The first-order valence-corrected chi connectivity index (χ1v) is 6.91. The Bertz CT molecular complexity index is 737. The van der Waals surface area contributed by atoms with Gasteiger partial charge in [0.25, 0.3) is 0 Å². The molecule has 2 rings (SSSR count). The number of halogens is 3. The summed E-state index contributed by atoms with van der Waals surface area (Å²) in [6.07, 6.45) is -3.38. The number of aromatic nitrogens is 2. The van der Waals surface area contributed by atoms with E-state index in [4.69, 9.17) is 5.11 Å². The van der Waals surface area contributed by atoms with Gasteiger partial charge in [-0.2, -0.15) is 13.2 Å². The van der Waals surface area contributed by atoms with E-state index in [-0.39, 0.29) is 24.1 Å². The maximum absolute atomic E-state index is 13.2. The number of aliphatic hydroxyl groups excluding tert-OH is 1. The number of rotatable bonds is 5. The summed E-state index contributed by atoms with van der Waals surface area (Å²) in [4.78, 5) is 14.9. The highest BCUT2D eigenvalue weighted by molar-refractivity contribution is 6.00. The van der Waals surface area contributed by atoms with Gasteiger partial charge >= 0.3 is 6.18 Å². The number of amides is 1. The van der Waals surface area contributed by atoms with Crippen LogP contribution in [-0.2, 0) is 11.0 Å². The summed E-state index contributed by atoms with van der Waals surface area (Å²) in [5, 5.41) is 11.5. The number of carbonyl (C=O) groups is 1. The second kappa shape index (κ2) is 6.41. The van der Waals surface area contributed by atoms with Crippen molar-refractivity contribution in [3.05, 3.63) is 36.7 Å². The number of imidazole rings is 1. The average molecular weight is 327 g/mol.